The zero-order valence-corrected chi connectivity index (χ0v) is 13.5. The van der Waals surface area contributed by atoms with Gasteiger partial charge in [-0.2, -0.15) is 0 Å². The van der Waals surface area contributed by atoms with Crippen molar-refractivity contribution in [2.24, 2.45) is 0 Å². The van der Waals surface area contributed by atoms with Crippen LogP contribution in [0.5, 0.6) is 0 Å². The maximum absolute atomic E-state index is 12.3. The number of aryl methyl sites for hydroxylation is 1. The van der Waals surface area contributed by atoms with Crippen LogP contribution in [0.4, 0.5) is 4.79 Å². The van der Waals surface area contributed by atoms with E-state index < -0.39 is 16.1 Å². The number of amides is 2. The molecular weight excluding hydrogens is 288 g/mol. The molecule has 2 amide bonds. The zero-order chi connectivity index (χ0) is 15.6. The fourth-order valence-corrected chi connectivity index (χ4v) is 3.71. The number of urea groups is 1. The first-order valence-electron chi connectivity index (χ1n) is 7.23. The molecule has 0 saturated carbocycles. The molecule has 0 radical (unpaired) electrons. The molecule has 1 aromatic carbocycles. The smallest absolute Gasteiger partial charge is 0.319 e. The van der Waals surface area contributed by atoms with Gasteiger partial charge in [0, 0.05) is 12.1 Å². The van der Waals surface area contributed by atoms with Gasteiger partial charge in [0.15, 0.2) is 0 Å². The summed E-state index contributed by atoms with van der Waals surface area (Å²) in [4.78, 5) is 14.1. The highest BCUT2D eigenvalue weighted by Crippen LogP contribution is 2.23. The van der Waals surface area contributed by atoms with Gasteiger partial charge in [-0.15, -0.1) is 0 Å². The van der Waals surface area contributed by atoms with E-state index in [1.807, 2.05) is 20.8 Å². The van der Waals surface area contributed by atoms with Crippen LogP contribution in [-0.4, -0.2) is 31.4 Å². The summed E-state index contributed by atoms with van der Waals surface area (Å²) in [5.74, 6) is 0. The molecule has 116 valence electrons. The van der Waals surface area contributed by atoms with Crippen molar-refractivity contribution in [3.8, 4) is 0 Å². The maximum atomic E-state index is 12.3. The Morgan fingerprint density at radius 2 is 1.67 bits per heavy atom. The number of benzene rings is 1. The highest BCUT2D eigenvalue weighted by molar-refractivity contribution is 7.90. The number of nitrogens with one attached hydrogen (secondary N) is 1. The van der Waals surface area contributed by atoms with Crippen molar-refractivity contribution in [2.75, 3.05) is 0 Å². The predicted octanol–water partition coefficient (Wildman–Crippen LogP) is 2.66. The largest absolute Gasteiger partial charge is 0.331 e. The molecule has 0 aliphatic carbocycles. The Hall–Kier alpha value is -1.56. The summed E-state index contributed by atoms with van der Waals surface area (Å²) in [6, 6.07) is 6.03. The van der Waals surface area contributed by atoms with Gasteiger partial charge < -0.3 is 4.90 Å². The third-order valence-corrected chi connectivity index (χ3v) is 5.32. The van der Waals surface area contributed by atoms with Crippen molar-refractivity contribution in [3.05, 3.63) is 29.8 Å². The van der Waals surface area contributed by atoms with Crippen LogP contribution in [0.3, 0.4) is 0 Å². The second-order valence-electron chi connectivity index (χ2n) is 5.76. The highest BCUT2D eigenvalue weighted by atomic mass is 32.2. The van der Waals surface area contributed by atoms with Crippen molar-refractivity contribution in [3.63, 3.8) is 0 Å². The minimum atomic E-state index is -3.81. The van der Waals surface area contributed by atoms with E-state index in [2.05, 4.69) is 4.72 Å². The van der Waals surface area contributed by atoms with E-state index in [-0.39, 0.29) is 17.0 Å². The Kier molecular flexibility index (Phi) is 4.56. The summed E-state index contributed by atoms with van der Waals surface area (Å²) in [5.41, 5.74) is 0.971. The van der Waals surface area contributed by atoms with Crippen LogP contribution in [0.15, 0.2) is 29.2 Å². The molecule has 1 N–H and O–H groups in total. The van der Waals surface area contributed by atoms with Crippen LogP contribution >= 0.6 is 0 Å². The Bertz CT molecular complexity index is 600. The molecule has 2 unspecified atom stereocenters. The molecule has 1 aromatic rings. The van der Waals surface area contributed by atoms with E-state index in [4.69, 9.17) is 0 Å². The zero-order valence-electron chi connectivity index (χ0n) is 12.7. The average Bonchev–Trinajstić information content (AvgIpc) is 2.38. The molecule has 6 heteroatoms. The topological polar surface area (TPSA) is 66.5 Å². The first-order valence-corrected chi connectivity index (χ1v) is 8.71. The van der Waals surface area contributed by atoms with Crippen molar-refractivity contribution in [1.29, 1.82) is 0 Å². The molecule has 0 aromatic heterocycles. The summed E-state index contributed by atoms with van der Waals surface area (Å²) in [6.07, 6.45) is 2.88. The number of carbonyl (C=O) groups is 1. The van der Waals surface area contributed by atoms with Crippen molar-refractivity contribution >= 4 is 16.1 Å². The molecule has 1 fully saturated rings. The Morgan fingerprint density at radius 3 is 2.19 bits per heavy atom. The lowest BCUT2D eigenvalue weighted by molar-refractivity contribution is 0.127. The normalized spacial score (nSPS) is 22.9. The standard InChI is InChI=1S/C15H22N2O3S/c1-11-7-9-14(10-8-11)21(19,20)16-15(18)17-12(2)5-4-6-13(17)3/h7-10,12-13H,4-6H2,1-3H3,(H,16,18). The van der Waals surface area contributed by atoms with E-state index in [0.29, 0.717) is 0 Å². The fraction of sp³-hybridized carbons (Fsp3) is 0.533. The van der Waals surface area contributed by atoms with Crippen LogP contribution in [0.1, 0.15) is 38.7 Å². The molecule has 5 nitrogen and oxygen atoms in total. The number of sulfonamides is 1. The summed E-state index contributed by atoms with van der Waals surface area (Å²) in [6.45, 7) is 5.79. The lowest BCUT2D eigenvalue weighted by atomic mass is 9.98. The van der Waals surface area contributed by atoms with Crippen molar-refractivity contribution in [1.82, 2.24) is 9.62 Å². The third kappa shape index (κ3) is 3.56. The minimum absolute atomic E-state index is 0.0574. The number of piperidine rings is 1. The Morgan fingerprint density at radius 1 is 1.14 bits per heavy atom. The van der Waals surface area contributed by atoms with Gasteiger partial charge in [-0.25, -0.2) is 17.9 Å². The van der Waals surface area contributed by atoms with Gasteiger partial charge in [0.05, 0.1) is 4.90 Å². The second kappa shape index (κ2) is 6.05. The van der Waals surface area contributed by atoms with Gasteiger partial charge in [-0.1, -0.05) is 17.7 Å². The van der Waals surface area contributed by atoms with Gasteiger partial charge in [-0.05, 0) is 52.2 Å². The van der Waals surface area contributed by atoms with Gasteiger partial charge in [0.1, 0.15) is 0 Å². The summed E-state index contributed by atoms with van der Waals surface area (Å²) in [5, 5.41) is 0. The highest BCUT2D eigenvalue weighted by Gasteiger charge is 2.31. The lowest BCUT2D eigenvalue weighted by Crippen LogP contribution is -2.52. The SMILES string of the molecule is Cc1ccc(S(=O)(=O)NC(=O)N2C(C)CCCC2C)cc1. The monoisotopic (exact) mass is 310 g/mol. The molecule has 1 saturated heterocycles. The number of hydrogen-bond acceptors (Lipinski definition) is 3. The number of rotatable bonds is 2. The number of likely N-dealkylation sites (tertiary alicyclic amines) is 1. The van der Waals surface area contributed by atoms with E-state index >= 15 is 0 Å². The van der Waals surface area contributed by atoms with E-state index in [0.717, 1.165) is 24.8 Å². The third-order valence-electron chi connectivity index (χ3n) is 3.98. The molecule has 2 atom stereocenters. The fourth-order valence-electron chi connectivity index (χ4n) is 2.77. The predicted molar refractivity (Wildman–Crippen MR) is 81.5 cm³/mol. The number of hydrogen-bond donors (Lipinski definition) is 1. The van der Waals surface area contributed by atoms with Crippen LogP contribution in [0.25, 0.3) is 0 Å². The van der Waals surface area contributed by atoms with E-state index in [9.17, 15) is 13.2 Å². The number of carbonyl (C=O) groups excluding carboxylic acids is 1. The summed E-state index contributed by atoms with van der Waals surface area (Å²) < 4.78 is 26.7. The lowest BCUT2D eigenvalue weighted by Gasteiger charge is -2.38. The molecule has 1 aliphatic rings. The van der Waals surface area contributed by atoms with Crippen molar-refractivity contribution in [2.45, 2.75) is 57.0 Å². The molecule has 0 bridgehead atoms. The van der Waals surface area contributed by atoms with Gasteiger partial charge >= 0.3 is 6.03 Å². The quantitative estimate of drug-likeness (QED) is 0.913. The molecular formula is C15H22N2O3S. The Labute approximate surface area is 126 Å². The molecule has 1 aliphatic heterocycles. The first kappa shape index (κ1) is 15.8. The summed E-state index contributed by atoms with van der Waals surface area (Å²) in [7, 11) is -3.81. The van der Waals surface area contributed by atoms with Crippen molar-refractivity contribution < 1.29 is 13.2 Å². The average molecular weight is 310 g/mol. The maximum Gasteiger partial charge on any atom is 0.331 e. The Balaban J connectivity index is 2.16. The van der Waals surface area contributed by atoms with Gasteiger partial charge in [0.2, 0.25) is 0 Å². The minimum Gasteiger partial charge on any atom is -0.319 e. The molecule has 21 heavy (non-hydrogen) atoms. The number of nitrogens with zero attached hydrogens (tertiary/aromatic N) is 1. The van der Waals surface area contributed by atoms with E-state index in [1.165, 1.54) is 12.1 Å². The second-order valence-corrected chi connectivity index (χ2v) is 7.44. The van der Waals surface area contributed by atoms with Crippen LogP contribution in [-0.2, 0) is 10.0 Å². The van der Waals surface area contributed by atoms with Gasteiger partial charge in [-0.3, -0.25) is 0 Å². The molecule has 1 heterocycles. The molecule has 0 spiro atoms. The van der Waals surface area contributed by atoms with Gasteiger partial charge in [0.25, 0.3) is 10.0 Å². The van der Waals surface area contributed by atoms with E-state index in [1.54, 1.807) is 17.0 Å². The van der Waals surface area contributed by atoms with Crippen LogP contribution in [0.2, 0.25) is 0 Å². The van der Waals surface area contributed by atoms with Crippen LogP contribution in [0, 0.1) is 6.92 Å². The molecule has 2 rings (SSSR count). The first-order chi connectivity index (χ1) is 9.81. The summed E-state index contributed by atoms with van der Waals surface area (Å²) >= 11 is 0. The van der Waals surface area contributed by atoms with Crippen LogP contribution < -0.4 is 4.72 Å².